The maximum absolute atomic E-state index is 13.5. The molecule has 0 radical (unpaired) electrons. The van der Waals surface area contributed by atoms with Crippen LogP contribution in [-0.2, 0) is 6.42 Å². The van der Waals surface area contributed by atoms with E-state index in [1.54, 1.807) is 17.0 Å². The van der Waals surface area contributed by atoms with Crippen LogP contribution in [0.15, 0.2) is 59.7 Å². The fourth-order valence-electron chi connectivity index (χ4n) is 3.11. The molecule has 0 saturated heterocycles. The molecule has 2 heterocycles. The highest BCUT2D eigenvalue weighted by molar-refractivity contribution is 6.04. The van der Waals surface area contributed by atoms with Crippen LogP contribution in [0.1, 0.15) is 18.5 Å². The van der Waals surface area contributed by atoms with Gasteiger partial charge in [0.1, 0.15) is 16.9 Å². The van der Waals surface area contributed by atoms with Crippen LogP contribution < -0.4 is 5.56 Å². The molecule has 1 atom stereocenters. The molecule has 4 nitrogen and oxygen atoms in total. The topological polar surface area (TPSA) is 50.7 Å². The lowest BCUT2D eigenvalue weighted by Crippen LogP contribution is -2.25. The number of aromatic nitrogens is 3. The van der Waals surface area contributed by atoms with Crippen molar-refractivity contribution in [2.24, 2.45) is 0 Å². The minimum absolute atomic E-state index is 0.0278. The number of aromatic amines is 1. The van der Waals surface area contributed by atoms with Crippen LogP contribution in [0.25, 0.3) is 21.9 Å². The van der Waals surface area contributed by atoms with E-state index in [0.717, 1.165) is 12.0 Å². The number of halogens is 1. The molecule has 0 aliphatic carbocycles. The zero-order chi connectivity index (χ0) is 16.7. The SMILES string of the molecule is C[C@@H](Cc1ccccc1)n1cnc2c([nH]c3ccc(F)cc32)c1=O. The predicted molar refractivity (Wildman–Crippen MR) is 92.7 cm³/mol. The summed E-state index contributed by atoms with van der Waals surface area (Å²) in [5.74, 6) is -0.341. The Bertz CT molecular complexity index is 1080. The molecule has 1 N–H and O–H groups in total. The second-order valence-electron chi connectivity index (χ2n) is 6.03. The molecule has 24 heavy (non-hydrogen) atoms. The Labute approximate surface area is 137 Å². The van der Waals surface area contributed by atoms with Crippen LogP contribution >= 0.6 is 0 Å². The van der Waals surface area contributed by atoms with Gasteiger partial charge in [0, 0.05) is 16.9 Å². The molecule has 120 valence electrons. The standard InChI is InChI=1S/C19H16FN3O/c1-12(9-13-5-3-2-4-6-13)23-11-21-17-15-10-14(20)7-8-16(15)22-18(17)19(23)24/h2-8,10-12,22H,9H2,1H3/t12-/m0/s1. The van der Waals surface area contributed by atoms with Crippen LogP contribution in [0.4, 0.5) is 4.39 Å². The van der Waals surface area contributed by atoms with Gasteiger partial charge in [0.15, 0.2) is 0 Å². The Hall–Kier alpha value is -2.95. The fraction of sp³-hybridized carbons (Fsp3) is 0.158. The summed E-state index contributed by atoms with van der Waals surface area (Å²) in [4.78, 5) is 20.3. The number of nitrogens with one attached hydrogen (secondary N) is 1. The van der Waals surface area contributed by atoms with Gasteiger partial charge in [-0.1, -0.05) is 30.3 Å². The maximum atomic E-state index is 13.5. The first-order valence-corrected chi connectivity index (χ1v) is 7.85. The number of hydrogen-bond donors (Lipinski definition) is 1. The van der Waals surface area contributed by atoms with E-state index in [0.29, 0.717) is 21.9 Å². The summed E-state index contributed by atoms with van der Waals surface area (Å²) in [6.45, 7) is 1.99. The highest BCUT2D eigenvalue weighted by Gasteiger charge is 2.14. The lowest BCUT2D eigenvalue weighted by Gasteiger charge is -2.14. The Morgan fingerprint density at radius 2 is 2.00 bits per heavy atom. The van der Waals surface area contributed by atoms with Crippen LogP contribution in [0.3, 0.4) is 0 Å². The van der Waals surface area contributed by atoms with E-state index in [2.05, 4.69) is 9.97 Å². The molecule has 0 aliphatic rings. The molecule has 4 aromatic rings. The van der Waals surface area contributed by atoms with Gasteiger partial charge in [0.2, 0.25) is 0 Å². The molecular formula is C19H16FN3O. The van der Waals surface area contributed by atoms with Gasteiger partial charge in [-0.25, -0.2) is 9.37 Å². The van der Waals surface area contributed by atoms with Gasteiger partial charge in [-0.05, 0) is 37.1 Å². The average Bonchev–Trinajstić information content (AvgIpc) is 2.95. The van der Waals surface area contributed by atoms with Crippen LogP contribution in [0, 0.1) is 5.82 Å². The molecule has 0 unspecified atom stereocenters. The van der Waals surface area contributed by atoms with E-state index >= 15 is 0 Å². The van der Waals surface area contributed by atoms with Crippen molar-refractivity contribution in [1.29, 1.82) is 0 Å². The second kappa shape index (κ2) is 5.60. The summed E-state index contributed by atoms with van der Waals surface area (Å²) in [5.41, 5.74) is 2.66. The molecule has 2 aromatic carbocycles. The third-order valence-electron chi connectivity index (χ3n) is 4.34. The second-order valence-corrected chi connectivity index (χ2v) is 6.03. The van der Waals surface area contributed by atoms with Gasteiger partial charge < -0.3 is 4.98 Å². The van der Waals surface area contributed by atoms with E-state index < -0.39 is 0 Å². The number of hydrogen-bond acceptors (Lipinski definition) is 2. The lowest BCUT2D eigenvalue weighted by molar-refractivity contribution is 0.523. The third kappa shape index (κ3) is 2.38. The van der Waals surface area contributed by atoms with Crippen molar-refractivity contribution in [3.63, 3.8) is 0 Å². The summed E-state index contributed by atoms with van der Waals surface area (Å²) >= 11 is 0. The molecule has 0 bridgehead atoms. The first-order chi connectivity index (χ1) is 11.6. The van der Waals surface area contributed by atoms with Crippen molar-refractivity contribution < 1.29 is 4.39 Å². The monoisotopic (exact) mass is 321 g/mol. The zero-order valence-electron chi connectivity index (χ0n) is 13.2. The van der Waals surface area contributed by atoms with E-state index in [1.165, 1.54) is 12.1 Å². The van der Waals surface area contributed by atoms with Crippen molar-refractivity contribution in [3.8, 4) is 0 Å². The lowest BCUT2D eigenvalue weighted by atomic mass is 10.1. The molecule has 0 aliphatic heterocycles. The normalized spacial score (nSPS) is 12.8. The van der Waals surface area contributed by atoms with E-state index in [4.69, 9.17) is 0 Å². The van der Waals surface area contributed by atoms with Crippen LogP contribution in [-0.4, -0.2) is 14.5 Å². The zero-order valence-corrected chi connectivity index (χ0v) is 13.2. The minimum Gasteiger partial charge on any atom is -0.349 e. The van der Waals surface area contributed by atoms with Gasteiger partial charge in [0.25, 0.3) is 5.56 Å². The molecule has 5 heteroatoms. The van der Waals surface area contributed by atoms with Gasteiger partial charge in [-0.3, -0.25) is 9.36 Å². The summed E-state index contributed by atoms with van der Waals surface area (Å²) in [6.07, 6.45) is 2.29. The van der Waals surface area contributed by atoms with Crippen molar-refractivity contribution in [2.45, 2.75) is 19.4 Å². The fourth-order valence-corrected chi connectivity index (χ4v) is 3.11. The van der Waals surface area contributed by atoms with E-state index in [1.807, 2.05) is 37.3 Å². The molecule has 4 rings (SSSR count). The number of fused-ring (bicyclic) bond motifs is 3. The van der Waals surface area contributed by atoms with E-state index in [9.17, 15) is 9.18 Å². The predicted octanol–water partition coefficient (Wildman–Crippen LogP) is 3.82. The Kier molecular flexibility index (Phi) is 3.41. The number of nitrogens with zero attached hydrogens (tertiary/aromatic N) is 2. The smallest absolute Gasteiger partial charge is 0.277 e. The molecule has 0 saturated carbocycles. The first-order valence-electron chi connectivity index (χ1n) is 7.85. The highest BCUT2D eigenvalue weighted by atomic mass is 19.1. The van der Waals surface area contributed by atoms with Gasteiger partial charge in [-0.15, -0.1) is 0 Å². The first kappa shape index (κ1) is 14.6. The summed E-state index contributed by atoms with van der Waals surface area (Å²) < 4.78 is 15.1. The number of benzene rings is 2. The van der Waals surface area contributed by atoms with Crippen molar-refractivity contribution in [3.05, 3.63) is 76.6 Å². The van der Waals surface area contributed by atoms with Crippen molar-refractivity contribution in [2.75, 3.05) is 0 Å². The summed E-state index contributed by atoms with van der Waals surface area (Å²) in [7, 11) is 0. The minimum atomic E-state index is -0.341. The number of H-pyrrole nitrogens is 1. The molecular weight excluding hydrogens is 305 g/mol. The molecule has 0 amide bonds. The highest BCUT2D eigenvalue weighted by Crippen LogP contribution is 2.23. The Morgan fingerprint density at radius 1 is 1.21 bits per heavy atom. The van der Waals surface area contributed by atoms with Crippen LogP contribution in [0.5, 0.6) is 0 Å². The van der Waals surface area contributed by atoms with Gasteiger partial charge in [0.05, 0.1) is 6.33 Å². The van der Waals surface area contributed by atoms with Gasteiger partial charge in [-0.2, -0.15) is 0 Å². The quantitative estimate of drug-likeness (QED) is 0.623. The summed E-state index contributed by atoms with van der Waals surface area (Å²) in [5, 5.41) is 0.630. The molecule has 0 spiro atoms. The maximum Gasteiger partial charge on any atom is 0.277 e. The Balaban J connectivity index is 1.81. The summed E-state index contributed by atoms with van der Waals surface area (Å²) in [6, 6.07) is 14.4. The third-order valence-corrected chi connectivity index (χ3v) is 4.34. The van der Waals surface area contributed by atoms with Gasteiger partial charge >= 0.3 is 0 Å². The van der Waals surface area contributed by atoms with Crippen LogP contribution in [0.2, 0.25) is 0 Å². The van der Waals surface area contributed by atoms with Crippen molar-refractivity contribution >= 4 is 21.9 Å². The Morgan fingerprint density at radius 3 is 2.79 bits per heavy atom. The largest absolute Gasteiger partial charge is 0.349 e. The molecule has 0 fully saturated rings. The van der Waals surface area contributed by atoms with Crippen molar-refractivity contribution in [1.82, 2.24) is 14.5 Å². The average molecular weight is 321 g/mol. The number of rotatable bonds is 3. The molecule has 2 aromatic heterocycles. The van der Waals surface area contributed by atoms with E-state index in [-0.39, 0.29) is 17.4 Å².